The lowest BCUT2D eigenvalue weighted by molar-refractivity contribution is -0.135. The first-order valence-electron chi connectivity index (χ1n) is 17.2. The molecule has 0 bridgehead atoms. The smallest absolute Gasteiger partial charge is 0.330 e. The van der Waals surface area contributed by atoms with Gasteiger partial charge < -0.3 is 20.1 Å². The minimum Gasteiger partial charge on any atom is -0.478 e. The third-order valence-electron chi connectivity index (χ3n) is 8.28. The van der Waals surface area contributed by atoms with Gasteiger partial charge in [0.25, 0.3) is 0 Å². The number of carbonyl (C=O) groups excluding carboxylic acids is 1. The van der Waals surface area contributed by atoms with E-state index in [4.69, 9.17) is 15.3 Å². The first kappa shape index (κ1) is 57.1. The highest BCUT2D eigenvalue weighted by molar-refractivity contribution is 5.82. The predicted molar refractivity (Wildman–Crippen MR) is 208 cm³/mol. The molecule has 0 aliphatic rings. The Balaban J connectivity index is -0.000000108. The fraction of sp³-hybridized carbons (Fsp3) is 0.756. The van der Waals surface area contributed by atoms with Gasteiger partial charge in [-0.05, 0) is 105 Å². The summed E-state index contributed by atoms with van der Waals surface area (Å²) < 4.78 is 4.46. The number of hydrogen-bond donors (Lipinski definition) is 3. The predicted octanol–water partition coefficient (Wildman–Crippen LogP) is 11.5. The molecule has 0 aromatic heterocycles. The summed E-state index contributed by atoms with van der Waals surface area (Å²) in [5.74, 6) is 1.78. The monoisotopic (exact) mass is 671 g/mol. The molecule has 0 saturated heterocycles. The number of hydrogen-bond acceptors (Lipinski definition) is 5. The molecule has 47 heavy (non-hydrogen) atoms. The molecular weight excluding hydrogens is 588 g/mol. The van der Waals surface area contributed by atoms with Crippen molar-refractivity contribution in [2.45, 2.75) is 164 Å². The summed E-state index contributed by atoms with van der Waals surface area (Å²) in [7, 11) is 1.38. The molecule has 0 rings (SSSR count). The Bertz CT molecular complexity index is 857. The summed E-state index contributed by atoms with van der Waals surface area (Å²) in [5, 5.41) is 26.4. The van der Waals surface area contributed by atoms with Crippen LogP contribution in [0.2, 0.25) is 0 Å². The third kappa shape index (κ3) is 48.3. The van der Waals surface area contributed by atoms with Crippen LogP contribution in [-0.2, 0) is 14.3 Å². The van der Waals surface area contributed by atoms with Gasteiger partial charge in [-0.25, -0.2) is 9.59 Å². The van der Waals surface area contributed by atoms with Gasteiger partial charge in [0.05, 0.1) is 18.3 Å². The standard InChI is InChI=1S/C8H14O2.C7H12O2.2C7H14.2C6H14O/c1-6(2)7(3)5-8(9)10-4;1-5(2)6(3)4-7(8)9;2*1-5-7(4)6(2)3;2*1-5(2)6(3,4)7/h5-6H,1-4H3;4-5H,1-3H3,(H,8,9);2*5-6H,1-4H3;2*5,7H,1-4H3/b7-5-;6-4-;2*7-5-;;. The number of aliphatic hydroxyl groups is 2. The average molecular weight is 671 g/mol. The zero-order valence-corrected chi connectivity index (χ0v) is 35.3. The van der Waals surface area contributed by atoms with Crippen molar-refractivity contribution in [2.75, 3.05) is 7.11 Å². The van der Waals surface area contributed by atoms with Crippen molar-refractivity contribution in [1.29, 1.82) is 0 Å². The molecule has 0 spiro atoms. The lowest BCUT2D eigenvalue weighted by Crippen LogP contribution is -2.25. The van der Waals surface area contributed by atoms with E-state index in [1.54, 1.807) is 0 Å². The lowest BCUT2D eigenvalue weighted by atomic mass is 9.95. The summed E-state index contributed by atoms with van der Waals surface area (Å²) in [6.07, 6.45) is 7.07. The van der Waals surface area contributed by atoms with Crippen LogP contribution < -0.4 is 0 Å². The first-order chi connectivity index (χ1) is 20.9. The van der Waals surface area contributed by atoms with E-state index < -0.39 is 17.2 Å². The maximum absolute atomic E-state index is 10.6. The van der Waals surface area contributed by atoms with Gasteiger partial charge in [0.2, 0.25) is 0 Å². The molecule has 0 unspecified atom stereocenters. The molecule has 0 saturated carbocycles. The summed E-state index contributed by atoms with van der Waals surface area (Å²) in [6, 6.07) is 0. The molecule has 0 atom stereocenters. The van der Waals surface area contributed by atoms with Crippen LogP contribution in [0.3, 0.4) is 0 Å². The van der Waals surface area contributed by atoms with Crippen molar-refractivity contribution < 1.29 is 29.6 Å². The normalized spacial score (nSPS) is 12.6. The molecule has 0 aromatic rings. The van der Waals surface area contributed by atoms with E-state index >= 15 is 0 Å². The van der Waals surface area contributed by atoms with Gasteiger partial charge in [0.15, 0.2) is 0 Å². The fourth-order valence-electron chi connectivity index (χ4n) is 1.44. The van der Waals surface area contributed by atoms with E-state index in [0.29, 0.717) is 23.7 Å². The summed E-state index contributed by atoms with van der Waals surface area (Å²) >= 11 is 0. The van der Waals surface area contributed by atoms with E-state index in [1.165, 1.54) is 30.4 Å². The highest BCUT2D eigenvalue weighted by atomic mass is 16.5. The summed E-state index contributed by atoms with van der Waals surface area (Å²) in [4.78, 5) is 20.7. The van der Waals surface area contributed by atoms with Gasteiger partial charge in [-0.3, -0.25) is 0 Å². The van der Waals surface area contributed by atoms with Crippen molar-refractivity contribution in [3.63, 3.8) is 0 Å². The van der Waals surface area contributed by atoms with Crippen LogP contribution in [0.5, 0.6) is 0 Å². The SMILES string of the molecule is C/C(=C/C(=O)O)C(C)C.C/C=C(/C)C(C)C.C/C=C(/C)C(C)C.CC(C)C(C)(C)O.CC(C)C(C)(C)O.COC(=O)/C=C(/C)C(C)C. The maximum Gasteiger partial charge on any atom is 0.330 e. The van der Waals surface area contributed by atoms with E-state index in [1.807, 2.05) is 96.9 Å². The van der Waals surface area contributed by atoms with E-state index in [-0.39, 0.29) is 5.97 Å². The number of ether oxygens (including phenoxy) is 1. The largest absolute Gasteiger partial charge is 0.478 e. The van der Waals surface area contributed by atoms with Crippen LogP contribution in [0.15, 0.2) is 46.6 Å². The highest BCUT2D eigenvalue weighted by Gasteiger charge is 2.17. The molecule has 0 radical (unpaired) electrons. The van der Waals surface area contributed by atoms with Gasteiger partial charge >= 0.3 is 11.9 Å². The van der Waals surface area contributed by atoms with Crippen molar-refractivity contribution in [3.8, 4) is 0 Å². The Hall–Kier alpha value is -2.18. The van der Waals surface area contributed by atoms with Crippen LogP contribution in [0.25, 0.3) is 0 Å². The van der Waals surface area contributed by atoms with Gasteiger partial charge in [-0.15, -0.1) is 0 Å². The summed E-state index contributed by atoms with van der Waals surface area (Å²) in [6.45, 7) is 44.3. The van der Waals surface area contributed by atoms with Gasteiger partial charge in [-0.1, -0.05) is 118 Å². The average Bonchev–Trinajstić information content (AvgIpc) is 2.91. The van der Waals surface area contributed by atoms with Crippen LogP contribution in [0.4, 0.5) is 0 Å². The van der Waals surface area contributed by atoms with Crippen LogP contribution in [0.1, 0.15) is 152 Å². The topological polar surface area (TPSA) is 104 Å². The quantitative estimate of drug-likeness (QED) is 0.135. The zero-order valence-electron chi connectivity index (χ0n) is 35.3. The van der Waals surface area contributed by atoms with Gasteiger partial charge in [0.1, 0.15) is 0 Å². The lowest BCUT2D eigenvalue weighted by Gasteiger charge is -2.21. The fourth-order valence-corrected chi connectivity index (χ4v) is 1.44. The second kappa shape index (κ2) is 31.1. The number of allylic oxidation sites excluding steroid dienone is 6. The van der Waals surface area contributed by atoms with Crippen LogP contribution >= 0.6 is 0 Å². The molecule has 0 fully saturated rings. The highest BCUT2D eigenvalue weighted by Crippen LogP contribution is 2.14. The number of methoxy groups -OCH3 is 1. The zero-order chi connectivity index (χ0) is 39.5. The Kier molecular flexibility index (Phi) is 37.8. The molecular formula is C41H82O6. The van der Waals surface area contributed by atoms with Crippen molar-refractivity contribution >= 4 is 11.9 Å². The first-order valence-corrected chi connectivity index (χ1v) is 17.2. The maximum atomic E-state index is 10.6. The molecule has 0 aromatic carbocycles. The number of aliphatic carboxylic acids is 1. The van der Waals surface area contributed by atoms with Gasteiger partial charge in [-0.2, -0.15) is 0 Å². The van der Waals surface area contributed by atoms with Gasteiger partial charge in [0, 0.05) is 12.2 Å². The minimum atomic E-state index is -0.860. The van der Waals surface area contributed by atoms with Crippen LogP contribution in [0, 0.1) is 35.5 Å². The van der Waals surface area contributed by atoms with E-state index in [9.17, 15) is 9.59 Å². The molecule has 282 valence electrons. The number of carboxylic acids is 1. The molecule has 0 aliphatic heterocycles. The van der Waals surface area contributed by atoms with Crippen molar-refractivity contribution in [2.24, 2.45) is 35.5 Å². The van der Waals surface area contributed by atoms with Crippen molar-refractivity contribution in [1.82, 2.24) is 0 Å². The second-order valence-electron chi connectivity index (χ2n) is 14.9. The number of esters is 1. The molecule has 6 heteroatoms. The molecule has 0 amide bonds. The Morgan fingerprint density at radius 1 is 0.532 bits per heavy atom. The molecule has 6 nitrogen and oxygen atoms in total. The van der Waals surface area contributed by atoms with E-state index in [0.717, 1.165) is 23.0 Å². The molecule has 0 aliphatic carbocycles. The Morgan fingerprint density at radius 3 is 0.830 bits per heavy atom. The van der Waals surface area contributed by atoms with Crippen molar-refractivity contribution in [3.05, 3.63) is 46.6 Å². The number of carboxylic acid groups (broad SMARTS) is 1. The molecule has 3 N–H and O–H groups in total. The Morgan fingerprint density at radius 2 is 0.745 bits per heavy atom. The second-order valence-corrected chi connectivity index (χ2v) is 14.9. The number of rotatable bonds is 8. The minimum absolute atomic E-state index is 0.272. The molecule has 0 heterocycles. The van der Waals surface area contributed by atoms with E-state index in [2.05, 4.69) is 72.3 Å². The third-order valence-corrected chi connectivity index (χ3v) is 8.28. The van der Waals surface area contributed by atoms with Crippen LogP contribution in [-0.4, -0.2) is 45.6 Å². The Labute approximate surface area is 293 Å². The summed E-state index contributed by atoms with van der Waals surface area (Å²) in [5.41, 5.74) is 3.90. The number of carbonyl (C=O) groups is 2.